The number of nitrogens with two attached hydrogens (primary N) is 1. The molecule has 5 rings (SSSR count). The van der Waals surface area contributed by atoms with Crippen LogP contribution in [-0.2, 0) is 10.0 Å². The van der Waals surface area contributed by atoms with Crippen molar-refractivity contribution in [2.45, 2.75) is 57.1 Å². The van der Waals surface area contributed by atoms with Gasteiger partial charge in [0.25, 0.3) is 0 Å². The summed E-state index contributed by atoms with van der Waals surface area (Å²) in [4.78, 5) is 12.7. The fourth-order valence-electron chi connectivity index (χ4n) is 4.69. The fourth-order valence-corrected chi connectivity index (χ4v) is 5.84. The van der Waals surface area contributed by atoms with E-state index in [2.05, 4.69) is 9.97 Å². The molecule has 2 aromatic carbocycles. The van der Waals surface area contributed by atoms with Gasteiger partial charge >= 0.3 is 0 Å². The summed E-state index contributed by atoms with van der Waals surface area (Å²) in [5.41, 5.74) is 9.96. The molecule has 1 fully saturated rings. The second-order valence-corrected chi connectivity index (χ2v) is 11.6. The average molecular weight is 482 g/mol. The number of anilines is 1. The van der Waals surface area contributed by atoms with E-state index in [0.29, 0.717) is 22.6 Å². The molecular weight excluding hydrogens is 453 g/mol. The van der Waals surface area contributed by atoms with Crippen LogP contribution in [0.2, 0.25) is 0 Å². The molecule has 2 aromatic heterocycles. The molecule has 0 atom stereocenters. The van der Waals surface area contributed by atoms with E-state index >= 15 is 0 Å². The standard InChI is InChI=1S/C25H28FN5O2S/c1-15(2)34(32,33)31-21-14-18(10-13-20(21)28-25(31)27)23-22(16-8-11-19(26)12-9-16)29-24(30-23)17-6-4-3-5-7-17/h8-15,17H,3-7H2,1-2H3,(H2,27,28)(H,29,30). The van der Waals surface area contributed by atoms with Gasteiger partial charge in [0.2, 0.25) is 16.0 Å². The monoisotopic (exact) mass is 481 g/mol. The largest absolute Gasteiger partial charge is 0.368 e. The van der Waals surface area contributed by atoms with Crippen molar-refractivity contribution >= 4 is 27.0 Å². The van der Waals surface area contributed by atoms with Crippen molar-refractivity contribution in [3.8, 4) is 22.5 Å². The van der Waals surface area contributed by atoms with Gasteiger partial charge in [-0.25, -0.2) is 26.7 Å². The highest BCUT2D eigenvalue weighted by atomic mass is 32.2. The molecule has 0 aliphatic heterocycles. The number of benzene rings is 2. The molecule has 0 saturated heterocycles. The fraction of sp³-hybridized carbons (Fsp3) is 0.360. The number of aromatic nitrogens is 4. The number of halogens is 1. The summed E-state index contributed by atoms with van der Waals surface area (Å²) in [5.74, 6) is 0.881. The lowest BCUT2D eigenvalue weighted by Gasteiger charge is -2.19. The van der Waals surface area contributed by atoms with Gasteiger partial charge in [-0.3, -0.25) is 0 Å². The maximum Gasteiger partial charge on any atom is 0.244 e. The molecule has 178 valence electrons. The van der Waals surface area contributed by atoms with E-state index < -0.39 is 15.3 Å². The van der Waals surface area contributed by atoms with Crippen LogP contribution in [0, 0.1) is 5.82 Å². The van der Waals surface area contributed by atoms with Crippen molar-refractivity contribution in [2.24, 2.45) is 0 Å². The third-order valence-corrected chi connectivity index (χ3v) is 8.69. The number of rotatable bonds is 5. The zero-order valence-corrected chi connectivity index (χ0v) is 20.1. The molecule has 0 radical (unpaired) electrons. The lowest BCUT2D eigenvalue weighted by molar-refractivity contribution is 0.431. The summed E-state index contributed by atoms with van der Waals surface area (Å²) in [6.45, 7) is 3.22. The van der Waals surface area contributed by atoms with Crippen LogP contribution in [0.4, 0.5) is 10.3 Å². The van der Waals surface area contributed by atoms with E-state index in [9.17, 15) is 12.8 Å². The van der Waals surface area contributed by atoms with E-state index in [4.69, 9.17) is 10.7 Å². The van der Waals surface area contributed by atoms with Crippen LogP contribution in [0.5, 0.6) is 0 Å². The topological polar surface area (TPSA) is 107 Å². The van der Waals surface area contributed by atoms with Crippen molar-refractivity contribution in [1.82, 2.24) is 18.9 Å². The molecule has 0 spiro atoms. The van der Waals surface area contributed by atoms with Gasteiger partial charge in [0, 0.05) is 17.0 Å². The molecule has 1 aliphatic carbocycles. The number of nitrogens with one attached hydrogen (secondary N) is 1. The Morgan fingerprint density at radius 2 is 1.71 bits per heavy atom. The van der Waals surface area contributed by atoms with Crippen LogP contribution in [0.25, 0.3) is 33.5 Å². The minimum Gasteiger partial charge on any atom is -0.368 e. The van der Waals surface area contributed by atoms with E-state index in [-0.39, 0.29) is 11.8 Å². The maximum atomic E-state index is 13.6. The SMILES string of the molecule is CC(C)S(=O)(=O)n1c(N)nc2ccc(-c3nc(C4CCCCC4)[nH]c3-c3ccc(F)cc3)cc21. The first kappa shape index (κ1) is 22.6. The van der Waals surface area contributed by atoms with Gasteiger partial charge in [-0.05, 0) is 63.1 Å². The molecule has 0 unspecified atom stereocenters. The van der Waals surface area contributed by atoms with Crippen LogP contribution in [-0.4, -0.2) is 32.6 Å². The molecule has 4 aromatic rings. The number of hydrogen-bond donors (Lipinski definition) is 2. The summed E-state index contributed by atoms with van der Waals surface area (Å²) >= 11 is 0. The Labute approximate surface area is 198 Å². The Morgan fingerprint density at radius 1 is 1.03 bits per heavy atom. The van der Waals surface area contributed by atoms with Gasteiger partial charge in [0.15, 0.2) is 0 Å². The summed E-state index contributed by atoms with van der Waals surface area (Å²) < 4.78 is 40.7. The molecule has 1 saturated carbocycles. The predicted molar refractivity (Wildman–Crippen MR) is 132 cm³/mol. The second kappa shape index (κ2) is 8.54. The number of nitrogens with zero attached hydrogens (tertiary/aromatic N) is 3. The highest BCUT2D eigenvalue weighted by Gasteiger charge is 2.26. The third kappa shape index (κ3) is 3.87. The van der Waals surface area contributed by atoms with Crippen LogP contribution in [0.1, 0.15) is 57.7 Å². The zero-order chi connectivity index (χ0) is 24.0. The van der Waals surface area contributed by atoms with Crippen LogP contribution >= 0.6 is 0 Å². The summed E-state index contributed by atoms with van der Waals surface area (Å²) in [7, 11) is -3.71. The van der Waals surface area contributed by atoms with Gasteiger partial charge in [0.1, 0.15) is 11.6 Å². The lowest BCUT2D eigenvalue weighted by atomic mass is 9.89. The molecule has 34 heavy (non-hydrogen) atoms. The van der Waals surface area contributed by atoms with Gasteiger partial charge < -0.3 is 10.7 Å². The van der Waals surface area contributed by atoms with Gasteiger partial charge in [-0.1, -0.05) is 25.3 Å². The van der Waals surface area contributed by atoms with E-state index in [1.165, 1.54) is 31.4 Å². The van der Waals surface area contributed by atoms with E-state index in [1.807, 2.05) is 6.07 Å². The Morgan fingerprint density at radius 3 is 2.38 bits per heavy atom. The van der Waals surface area contributed by atoms with Crippen molar-refractivity contribution in [2.75, 3.05) is 5.73 Å². The molecule has 9 heteroatoms. The third-order valence-electron chi connectivity index (χ3n) is 6.61. The Hall–Kier alpha value is -3.20. The number of aromatic amines is 1. The first-order chi connectivity index (χ1) is 16.3. The Kier molecular flexibility index (Phi) is 5.67. The highest BCUT2D eigenvalue weighted by molar-refractivity contribution is 7.90. The Bertz CT molecular complexity index is 1450. The maximum absolute atomic E-state index is 13.6. The number of hydrogen-bond acceptors (Lipinski definition) is 5. The van der Waals surface area contributed by atoms with Gasteiger partial charge in [0.05, 0.1) is 27.7 Å². The van der Waals surface area contributed by atoms with E-state index in [1.54, 1.807) is 38.1 Å². The van der Waals surface area contributed by atoms with Crippen molar-refractivity contribution in [3.63, 3.8) is 0 Å². The molecule has 3 N–H and O–H groups in total. The molecule has 7 nitrogen and oxygen atoms in total. The van der Waals surface area contributed by atoms with Crippen molar-refractivity contribution in [3.05, 3.63) is 54.1 Å². The van der Waals surface area contributed by atoms with Crippen LogP contribution in [0.15, 0.2) is 42.5 Å². The molecule has 0 amide bonds. The summed E-state index contributed by atoms with van der Waals surface area (Å²) in [6.07, 6.45) is 5.73. The van der Waals surface area contributed by atoms with Crippen LogP contribution in [0.3, 0.4) is 0 Å². The van der Waals surface area contributed by atoms with Crippen molar-refractivity contribution < 1.29 is 12.8 Å². The quantitative estimate of drug-likeness (QED) is 0.394. The smallest absolute Gasteiger partial charge is 0.244 e. The number of fused-ring (bicyclic) bond motifs is 1. The number of nitrogen functional groups attached to an aromatic ring is 1. The minimum atomic E-state index is -3.71. The minimum absolute atomic E-state index is 0.0652. The molecular formula is C25H28FN5O2S. The molecule has 2 heterocycles. The first-order valence-corrected chi connectivity index (χ1v) is 13.1. The molecule has 1 aliphatic rings. The highest BCUT2D eigenvalue weighted by Crippen LogP contribution is 2.38. The molecule has 0 bridgehead atoms. The van der Waals surface area contributed by atoms with E-state index in [0.717, 1.165) is 39.5 Å². The zero-order valence-electron chi connectivity index (χ0n) is 19.3. The number of imidazole rings is 2. The van der Waals surface area contributed by atoms with Gasteiger partial charge in [-0.2, -0.15) is 0 Å². The average Bonchev–Trinajstić information content (AvgIpc) is 3.40. The number of H-pyrrole nitrogens is 1. The van der Waals surface area contributed by atoms with Crippen molar-refractivity contribution in [1.29, 1.82) is 0 Å². The van der Waals surface area contributed by atoms with Crippen LogP contribution < -0.4 is 5.73 Å². The predicted octanol–water partition coefficient (Wildman–Crippen LogP) is 5.45. The van der Waals surface area contributed by atoms with Gasteiger partial charge in [-0.15, -0.1) is 0 Å². The summed E-state index contributed by atoms with van der Waals surface area (Å²) in [5, 5.41) is -0.658. The first-order valence-electron chi connectivity index (χ1n) is 11.6. The normalized spacial score (nSPS) is 15.4. The lowest BCUT2D eigenvalue weighted by Crippen LogP contribution is -2.23. The summed E-state index contributed by atoms with van der Waals surface area (Å²) in [6, 6.07) is 11.7. The second-order valence-electron chi connectivity index (χ2n) is 9.22. The Balaban J connectivity index is 1.70.